The molecule has 2 aliphatic heterocycles. The van der Waals surface area contributed by atoms with Crippen LogP contribution in [0.2, 0.25) is 0 Å². The molecule has 0 spiro atoms. The van der Waals surface area contributed by atoms with Gasteiger partial charge in [-0.2, -0.15) is 5.10 Å². The lowest BCUT2D eigenvalue weighted by Gasteiger charge is -2.29. The molecule has 0 saturated heterocycles. The van der Waals surface area contributed by atoms with E-state index >= 15 is 0 Å². The second-order valence-corrected chi connectivity index (χ2v) is 8.09. The standard InChI is InChI=1S/C24H26N4O2/c1-26-22(8-10-25-26)24(29)28-12-13-30-23-7-6-18(14-21(23)17-28)15-27-11-9-19-4-2-3-5-20(19)16-27/h2-8,10,14H,9,11-13,15-17H2,1H3. The molecule has 3 aromatic rings. The zero-order valence-electron chi connectivity index (χ0n) is 17.3. The quantitative estimate of drug-likeness (QED) is 0.676. The van der Waals surface area contributed by atoms with E-state index < -0.39 is 0 Å². The maximum atomic E-state index is 13.0. The second-order valence-electron chi connectivity index (χ2n) is 8.09. The van der Waals surface area contributed by atoms with E-state index in [1.807, 2.05) is 4.90 Å². The number of rotatable bonds is 3. The van der Waals surface area contributed by atoms with Crippen molar-refractivity contribution in [3.63, 3.8) is 0 Å². The fourth-order valence-electron chi connectivity index (χ4n) is 4.41. The SMILES string of the molecule is Cn1nccc1C(=O)N1CCOc2ccc(CN3CCc4ccccc4C3)cc2C1. The van der Waals surface area contributed by atoms with Gasteiger partial charge < -0.3 is 9.64 Å². The van der Waals surface area contributed by atoms with E-state index in [9.17, 15) is 4.79 Å². The molecule has 0 aliphatic carbocycles. The summed E-state index contributed by atoms with van der Waals surface area (Å²) in [6.07, 6.45) is 2.75. The summed E-state index contributed by atoms with van der Waals surface area (Å²) in [5, 5.41) is 4.13. The monoisotopic (exact) mass is 402 g/mol. The third-order valence-electron chi connectivity index (χ3n) is 6.05. The molecule has 1 amide bonds. The average Bonchev–Trinajstić information content (AvgIpc) is 3.07. The van der Waals surface area contributed by atoms with E-state index in [1.54, 1.807) is 24.0 Å². The lowest BCUT2D eigenvalue weighted by atomic mass is 9.99. The smallest absolute Gasteiger partial charge is 0.272 e. The van der Waals surface area contributed by atoms with Crippen LogP contribution in [0.5, 0.6) is 5.75 Å². The minimum atomic E-state index is -0.00973. The van der Waals surface area contributed by atoms with Crippen LogP contribution in [-0.2, 0) is 33.1 Å². The fourth-order valence-corrected chi connectivity index (χ4v) is 4.41. The van der Waals surface area contributed by atoms with E-state index in [-0.39, 0.29) is 5.91 Å². The topological polar surface area (TPSA) is 50.6 Å². The van der Waals surface area contributed by atoms with Crippen LogP contribution in [-0.4, -0.2) is 45.2 Å². The van der Waals surface area contributed by atoms with Gasteiger partial charge in [0, 0.05) is 45.0 Å². The highest BCUT2D eigenvalue weighted by atomic mass is 16.5. The first-order valence-corrected chi connectivity index (χ1v) is 10.5. The predicted molar refractivity (Wildman–Crippen MR) is 114 cm³/mol. The number of hydrogen-bond acceptors (Lipinski definition) is 4. The fraction of sp³-hybridized carbons (Fsp3) is 0.333. The Bertz CT molecular complexity index is 1070. The van der Waals surface area contributed by atoms with Crippen molar-refractivity contribution in [2.45, 2.75) is 26.1 Å². The Morgan fingerprint density at radius 3 is 2.73 bits per heavy atom. The molecule has 0 bridgehead atoms. The molecule has 0 radical (unpaired) electrons. The Morgan fingerprint density at radius 1 is 1.03 bits per heavy atom. The minimum Gasteiger partial charge on any atom is -0.491 e. The van der Waals surface area contributed by atoms with E-state index in [0.717, 1.165) is 37.4 Å². The summed E-state index contributed by atoms with van der Waals surface area (Å²) in [6, 6.07) is 16.9. The Kier molecular flexibility index (Phi) is 5.01. The number of ether oxygens (including phenoxy) is 1. The summed E-state index contributed by atoms with van der Waals surface area (Å²) in [5.74, 6) is 0.868. The number of nitrogens with zero attached hydrogens (tertiary/aromatic N) is 4. The van der Waals surface area contributed by atoms with Gasteiger partial charge in [0.1, 0.15) is 18.1 Å². The molecule has 154 valence electrons. The largest absolute Gasteiger partial charge is 0.491 e. The van der Waals surface area contributed by atoms with Crippen molar-refractivity contribution < 1.29 is 9.53 Å². The Morgan fingerprint density at radius 2 is 1.90 bits per heavy atom. The number of aromatic nitrogens is 2. The molecule has 6 nitrogen and oxygen atoms in total. The average molecular weight is 402 g/mol. The third kappa shape index (κ3) is 3.71. The van der Waals surface area contributed by atoms with Gasteiger partial charge in [0.25, 0.3) is 5.91 Å². The molecular formula is C24H26N4O2. The van der Waals surface area contributed by atoms with Gasteiger partial charge in [-0.05, 0) is 41.3 Å². The number of benzene rings is 2. The highest BCUT2D eigenvalue weighted by Gasteiger charge is 2.23. The van der Waals surface area contributed by atoms with Gasteiger partial charge in [-0.1, -0.05) is 30.3 Å². The number of carbonyl (C=O) groups is 1. The molecule has 0 saturated carbocycles. The van der Waals surface area contributed by atoms with E-state index in [4.69, 9.17) is 4.74 Å². The zero-order valence-corrected chi connectivity index (χ0v) is 17.3. The van der Waals surface area contributed by atoms with Gasteiger partial charge in [-0.3, -0.25) is 14.4 Å². The van der Waals surface area contributed by atoms with Crippen LogP contribution in [0.1, 0.15) is 32.7 Å². The van der Waals surface area contributed by atoms with Crippen LogP contribution in [0.3, 0.4) is 0 Å². The van der Waals surface area contributed by atoms with Crippen molar-refractivity contribution in [1.29, 1.82) is 0 Å². The molecule has 0 unspecified atom stereocenters. The highest BCUT2D eigenvalue weighted by Crippen LogP contribution is 2.27. The lowest BCUT2D eigenvalue weighted by Crippen LogP contribution is -2.33. The van der Waals surface area contributed by atoms with E-state index in [0.29, 0.717) is 25.4 Å². The summed E-state index contributed by atoms with van der Waals surface area (Å²) in [6.45, 7) is 4.56. The van der Waals surface area contributed by atoms with E-state index in [1.165, 1.54) is 16.7 Å². The molecule has 0 fully saturated rings. The molecule has 0 N–H and O–H groups in total. The maximum Gasteiger partial charge on any atom is 0.272 e. The minimum absolute atomic E-state index is 0.00973. The highest BCUT2D eigenvalue weighted by molar-refractivity contribution is 5.92. The summed E-state index contributed by atoms with van der Waals surface area (Å²) in [4.78, 5) is 17.3. The Hall–Kier alpha value is -3.12. The summed E-state index contributed by atoms with van der Waals surface area (Å²) in [5.41, 5.74) is 5.81. The molecule has 5 rings (SSSR count). The van der Waals surface area contributed by atoms with Crippen LogP contribution in [0.4, 0.5) is 0 Å². The number of carbonyl (C=O) groups excluding carboxylic acids is 1. The number of fused-ring (bicyclic) bond motifs is 2. The molecule has 2 aromatic carbocycles. The lowest BCUT2D eigenvalue weighted by molar-refractivity contribution is 0.0722. The normalized spacial score (nSPS) is 16.4. The van der Waals surface area contributed by atoms with Gasteiger partial charge in [0.2, 0.25) is 0 Å². The molecule has 2 aliphatic rings. The first-order chi connectivity index (χ1) is 14.7. The zero-order chi connectivity index (χ0) is 20.5. The van der Waals surface area contributed by atoms with Crippen molar-refractivity contribution in [3.8, 4) is 5.75 Å². The molecule has 0 atom stereocenters. The van der Waals surface area contributed by atoms with Gasteiger partial charge in [-0.15, -0.1) is 0 Å². The molecule has 3 heterocycles. The van der Waals surface area contributed by atoms with Crippen molar-refractivity contribution in [1.82, 2.24) is 19.6 Å². The molecule has 30 heavy (non-hydrogen) atoms. The van der Waals surface area contributed by atoms with Crippen LogP contribution in [0.15, 0.2) is 54.7 Å². The molecule has 1 aromatic heterocycles. The van der Waals surface area contributed by atoms with Crippen molar-refractivity contribution in [2.24, 2.45) is 7.05 Å². The van der Waals surface area contributed by atoms with Crippen LogP contribution >= 0.6 is 0 Å². The summed E-state index contributed by atoms with van der Waals surface area (Å²) in [7, 11) is 1.80. The first kappa shape index (κ1) is 18.9. The number of aryl methyl sites for hydroxylation is 1. The predicted octanol–water partition coefficient (Wildman–Crippen LogP) is 3.01. The van der Waals surface area contributed by atoms with Gasteiger partial charge in [0.15, 0.2) is 0 Å². The van der Waals surface area contributed by atoms with Gasteiger partial charge >= 0.3 is 0 Å². The summed E-state index contributed by atoms with van der Waals surface area (Å²) >= 11 is 0. The summed E-state index contributed by atoms with van der Waals surface area (Å²) < 4.78 is 7.56. The van der Waals surface area contributed by atoms with Crippen molar-refractivity contribution in [2.75, 3.05) is 19.7 Å². The van der Waals surface area contributed by atoms with Gasteiger partial charge in [-0.25, -0.2) is 0 Å². The Balaban J connectivity index is 1.33. The second kappa shape index (κ2) is 7.95. The molecule has 6 heteroatoms. The number of amides is 1. The van der Waals surface area contributed by atoms with Crippen LogP contribution < -0.4 is 4.74 Å². The van der Waals surface area contributed by atoms with Crippen molar-refractivity contribution in [3.05, 3.63) is 82.7 Å². The Labute approximate surface area is 176 Å². The third-order valence-corrected chi connectivity index (χ3v) is 6.05. The first-order valence-electron chi connectivity index (χ1n) is 10.5. The molecular weight excluding hydrogens is 376 g/mol. The van der Waals surface area contributed by atoms with Gasteiger partial charge in [0.05, 0.1) is 6.54 Å². The van der Waals surface area contributed by atoms with E-state index in [2.05, 4.69) is 52.5 Å². The van der Waals surface area contributed by atoms with Crippen molar-refractivity contribution >= 4 is 5.91 Å². The number of hydrogen-bond donors (Lipinski definition) is 0. The van der Waals surface area contributed by atoms with Crippen LogP contribution in [0, 0.1) is 0 Å². The van der Waals surface area contributed by atoms with Crippen LogP contribution in [0.25, 0.3) is 0 Å². The maximum absolute atomic E-state index is 13.0.